The minimum absolute atomic E-state index is 0.00149. The number of hydrogen-bond donors (Lipinski definition) is 2. The fraction of sp³-hybridized carbons (Fsp3) is 0.529. The summed E-state index contributed by atoms with van der Waals surface area (Å²) in [7, 11) is 1.97. The summed E-state index contributed by atoms with van der Waals surface area (Å²) in [6.45, 7) is 2.65. The van der Waals surface area contributed by atoms with E-state index in [-0.39, 0.29) is 18.4 Å². The van der Waals surface area contributed by atoms with Crippen molar-refractivity contribution in [2.24, 2.45) is 5.92 Å². The lowest BCUT2D eigenvalue weighted by Crippen LogP contribution is -2.39. The maximum Gasteiger partial charge on any atom is 0.262 e. The molecular formula is C17H23N3O3. The van der Waals surface area contributed by atoms with Crippen LogP contribution in [0.25, 0.3) is 0 Å². The van der Waals surface area contributed by atoms with Crippen molar-refractivity contribution >= 4 is 17.5 Å². The standard InChI is InChI=1S/C17H23N3O3/c1-18-7-4-12-5-8-20(9-6-12)17(22)13-2-3-14-15(10-13)23-11-16(21)19-14/h2-3,10,12,18H,4-9,11H2,1H3,(H,19,21). The molecule has 6 nitrogen and oxygen atoms in total. The lowest BCUT2D eigenvalue weighted by molar-refractivity contribution is -0.118. The molecule has 0 unspecified atom stereocenters. The number of anilines is 1. The van der Waals surface area contributed by atoms with Crippen LogP contribution >= 0.6 is 0 Å². The molecule has 2 N–H and O–H groups in total. The van der Waals surface area contributed by atoms with Gasteiger partial charge in [-0.05, 0) is 57.0 Å². The summed E-state index contributed by atoms with van der Waals surface area (Å²) in [6, 6.07) is 5.21. The Labute approximate surface area is 136 Å². The van der Waals surface area contributed by atoms with Crippen molar-refractivity contribution in [1.82, 2.24) is 10.2 Å². The van der Waals surface area contributed by atoms with Crippen LogP contribution in [0.5, 0.6) is 5.75 Å². The molecule has 2 aliphatic heterocycles. The van der Waals surface area contributed by atoms with E-state index in [1.165, 1.54) is 6.42 Å². The lowest BCUT2D eigenvalue weighted by Gasteiger charge is -2.32. The van der Waals surface area contributed by atoms with Gasteiger partial charge in [-0.3, -0.25) is 9.59 Å². The van der Waals surface area contributed by atoms with Crippen molar-refractivity contribution < 1.29 is 14.3 Å². The van der Waals surface area contributed by atoms with Gasteiger partial charge in [0, 0.05) is 18.7 Å². The molecule has 3 rings (SSSR count). The summed E-state index contributed by atoms with van der Waals surface area (Å²) in [5.74, 6) is 1.15. The van der Waals surface area contributed by atoms with Gasteiger partial charge >= 0.3 is 0 Å². The number of nitrogens with zero attached hydrogens (tertiary/aromatic N) is 1. The van der Waals surface area contributed by atoms with Crippen LogP contribution in [0.3, 0.4) is 0 Å². The second-order valence-electron chi connectivity index (χ2n) is 6.18. The number of hydrogen-bond acceptors (Lipinski definition) is 4. The molecule has 23 heavy (non-hydrogen) atoms. The van der Waals surface area contributed by atoms with E-state index in [9.17, 15) is 9.59 Å². The Morgan fingerprint density at radius 1 is 1.39 bits per heavy atom. The molecule has 1 aromatic carbocycles. The van der Waals surface area contributed by atoms with Gasteiger partial charge in [-0.2, -0.15) is 0 Å². The van der Waals surface area contributed by atoms with Gasteiger partial charge in [0.2, 0.25) is 0 Å². The molecule has 0 bridgehead atoms. The number of ether oxygens (including phenoxy) is 1. The number of carbonyl (C=O) groups is 2. The minimum atomic E-state index is -0.166. The van der Waals surface area contributed by atoms with Crippen LogP contribution in [0.15, 0.2) is 18.2 Å². The maximum absolute atomic E-state index is 12.6. The Kier molecular flexibility index (Phi) is 4.81. The van der Waals surface area contributed by atoms with Crippen LogP contribution in [0, 0.1) is 5.92 Å². The molecule has 0 aliphatic carbocycles. The average molecular weight is 317 g/mol. The van der Waals surface area contributed by atoms with Crippen LogP contribution in [0.4, 0.5) is 5.69 Å². The Hall–Kier alpha value is -2.08. The second kappa shape index (κ2) is 7.00. The Morgan fingerprint density at radius 3 is 2.91 bits per heavy atom. The molecule has 6 heteroatoms. The third kappa shape index (κ3) is 3.64. The third-order valence-corrected chi connectivity index (χ3v) is 4.57. The molecule has 0 aromatic heterocycles. The highest BCUT2D eigenvalue weighted by Gasteiger charge is 2.25. The van der Waals surface area contributed by atoms with Crippen LogP contribution in [0.1, 0.15) is 29.6 Å². The van der Waals surface area contributed by atoms with Gasteiger partial charge in [0.25, 0.3) is 11.8 Å². The number of likely N-dealkylation sites (tertiary alicyclic amines) is 1. The van der Waals surface area contributed by atoms with Gasteiger partial charge in [-0.25, -0.2) is 0 Å². The summed E-state index contributed by atoms with van der Waals surface area (Å²) >= 11 is 0. The smallest absolute Gasteiger partial charge is 0.262 e. The van der Waals surface area contributed by atoms with Crippen molar-refractivity contribution in [1.29, 1.82) is 0 Å². The molecule has 0 spiro atoms. The van der Waals surface area contributed by atoms with E-state index in [0.717, 1.165) is 32.5 Å². The van der Waals surface area contributed by atoms with E-state index in [1.807, 2.05) is 11.9 Å². The number of fused-ring (bicyclic) bond motifs is 1. The van der Waals surface area contributed by atoms with E-state index in [1.54, 1.807) is 18.2 Å². The van der Waals surface area contributed by atoms with E-state index < -0.39 is 0 Å². The molecule has 1 fully saturated rings. The van der Waals surface area contributed by atoms with E-state index in [2.05, 4.69) is 10.6 Å². The number of piperidine rings is 1. The predicted octanol–water partition coefficient (Wildman–Crippen LogP) is 1.48. The summed E-state index contributed by atoms with van der Waals surface area (Å²) in [5.41, 5.74) is 1.25. The van der Waals surface area contributed by atoms with Gasteiger partial charge in [-0.1, -0.05) is 0 Å². The molecule has 1 aromatic rings. The number of amides is 2. The van der Waals surface area contributed by atoms with Gasteiger partial charge < -0.3 is 20.3 Å². The van der Waals surface area contributed by atoms with E-state index in [0.29, 0.717) is 22.9 Å². The summed E-state index contributed by atoms with van der Waals surface area (Å²) in [5, 5.41) is 5.92. The first kappa shape index (κ1) is 15.8. The zero-order chi connectivity index (χ0) is 16.2. The Bertz CT molecular complexity index is 595. The summed E-state index contributed by atoms with van der Waals surface area (Å²) in [6.07, 6.45) is 3.29. The largest absolute Gasteiger partial charge is 0.482 e. The topological polar surface area (TPSA) is 70.7 Å². The fourth-order valence-corrected chi connectivity index (χ4v) is 3.16. The van der Waals surface area contributed by atoms with Crippen LogP contribution in [-0.2, 0) is 4.79 Å². The highest BCUT2D eigenvalue weighted by Crippen LogP contribution is 2.29. The van der Waals surface area contributed by atoms with Crippen LogP contribution < -0.4 is 15.4 Å². The van der Waals surface area contributed by atoms with Crippen LogP contribution in [-0.4, -0.2) is 50.0 Å². The normalized spacial score (nSPS) is 18.1. The molecular weight excluding hydrogens is 294 g/mol. The lowest BCUT2D eigenvalue weighted by atomic mass is 9.93. The predicted molar refractivity (Wildman–Crippen MR) is 87.7 cm³/mol. The SMILES string of the molecule is CNCCC1CCN(C(=O)c2ccc3c(c2)OCC(=O)N3)CC1. The average Bonchev–Trinajstić information content (AvgIpc) is 2.59. The van der Waals surface area contributed by atoms with Crippen LogP contribution in [0.2, 0.25) is 0 Å². The van der Waals surface area contributed by atoms with Crippen molar-refractivity contribution in [2.75, 3.05) is 38.6 Å². The fourth-order valence-electron chi connectivity index (χ4n) is 3.16. The second-order valence-corrected chi connectivity index (χ2v) is 6.18. The first-order valence-electron chi connectivity index (χ1n) is 8.18. The van der Waals surface area contributed by atoms with E-state index >= 15 is 0 Å². The Morgan fingerprint density at radius 2 is 2.17 bits per heavy atom. The molecule has 0 saturated carbocycles. The number of nitrogens with one attached hydrogen (secondary N) is 2. The van der Waals surface area contributed by atoms with E-state index in [4.69, 9.17) is 4.74 Å². The minimum Gasteiger partial charge on any atom is -0.482 e. The molecule has 1 saturated heterocycles. The zero-order valence-electron chi connectivity index (χ0n) is 13.4. The zero-order valence-corrected chi connectivity index (χ0v) is 13.4. The first-order valence-corrected chi connectivity index (χ1v) is 8.18. The van der Waals surface area contributed by atoms with Gasteiger partial charge in [-0.15, -0.1) is 0 Å². The van der Waals surface area contributed by atoms with Crippen molar-refractivity contribution in [3.63, 3.8) is 0 Å². The molecule has 2 aliphatic rings. The molecule has 124 valence electrons. The molecule has 2 amide bonds. The number of benzene rings is 1. The van der Waals surface area contributed by atoms with Crippen molar-refractivity contribution in [3.05, 3.63) is 23.8 Å². The Balaban J connectivity index is 1.62. The number of carbonyl (C=O) groups excluding carboxylic acids is 2. The summed E-state index contributed by atoms with van der Waals surface area (Å²) < 4.78 is 5.39. The highest BCUT2D eigenvalue weighted by molar-refractivity contribution is 5.99. The first-order chi connectivity index (χ1) is 11.2. The van der Waals surface area contributed by atoms with Gasteiger partial charge in [0.05, 0.1) is 5.69 Å². The van der Waals surface area contributed by atoms with Gasteiger partial charge in [0.1, 0.15) is 5.75 Å². The van der Waals surface area contributed by atoms with Crippen molar-refractivity contribution in [3.8, 4) is 5.75 Å². The maximum atomic E-state index is 12.6. The summed E-state index contributed by atoms with van der Waals surface area (Å²) in [4.78, 5) is 25.8. The molecule has 0 atom stereocenters. The molecule has 0 radical (unpaired) electrons. The third-order valence-electron chi connectivity index (χ3n) is 4.57. The number of rotatable bonds is 4. The quantitative estimate of drug-likeness (QED) is 0.882. The highest BCUT2D eigenvalue weighted by atomic mass is 16.5. The monoisotopic (exact) mass is 317 g/mol. The molecule has 2 heterocycles. The van der Waals surface area contributed by atoms with Gasteiger partial charge in [0.15, 0.2) is 6.61 Å². The van der Waals surface area contributed by atoms with Crippen molar-refractivity contribution in [2.45, 2.75) is 19.3 Å².